The van der Waals surface area contributed by atoms with Crippen molar-refractivity contribution >= 4 is 0 Å². The van der Waals surface area contributed by atoms with Crippen molar-refractivity contribution in [2.75, 3.05) is 6.67 Å². The Balaban J connectivity index is 1.70. The van der Waals surface area contributed by atoms with Gasteiger partial charge in [-0.25, -0.2) is 0 Å². The lowest BCUT2D eigenvalue weighted by molar-refractivity contribution is -0.0812. The molecule has 0 aromatic carbocycles. The van der Waals surface area contributed by atoms with Gasteiger partial charge in [-0.1, -0.05) is 18.6 Å². The Morgan fingerprint density at radius 2 is 1.95 bits per heavy atom. The van der Waals surface area contributed by atoms with Gasteiger partial charge in [-0.15, -0.1) is 0 Å². The second-order valence-corrected chi connectivity index (χ2v) is 8.67. The first kappa shape index (κ1) is 15.1. The minimum Gasteiger partial charge on any atom is -0.393 e. The maximum absolute atomic E-state index is 14.2. The molecule has 4 aliphatic carbocycles. The molecule has 3 heteroatoms. The van der Waals surface area contributed by atoms with E-state index in [1.165, 1.54) is 5.57 Å². The van der Waals surface area contributed by atoms with Gasteiger partial charge >= 0.3 is 0 Å². The van der Waals surface area contributed by atoms with Crippen LogP contribution in [0.5, 0.6) is 0 Å². The molecule has 2 N–H and O–H groups in total. The van der Waals surface area contributed by atoms with Gasteiger partial charge in [0.1, 0.15) is 0 Å². The predicted octanol–water partition coefficient (Wildman–Crippen LogP) is 3.62. The molecule has 0 heterocycles. The fourth-order valence-electron chi connectivity index (χ4n) is 6.66. The Morgan fingerprint density at radius 3 is 2.73 bits per heavy atom. The Bertz CT molecular complexity index is 490. The monoisotopic (exact) mass is 308 g/mol. The Morgan fingerprint density at radius 1 is 1.14 bits per heavy atom. The van der Waals surface area contributed by atoms with Crippen LogP contribution in [0.1, 0.15) is 58.3 Å². The third-order valence-electron chi connectivity index (χ3n) is 7.99. The summed E-state index contributed by atoms with van der Waals surface area (Å²) >= 11 is 0. The molecule has 0 aliphatic heterocycles. The summed E-state index contributed by atoms with van der Waals surface area (Å²) in [5.41, 5.74) is 0.965. The summed E-state index contributed by atoms with van der Waals surface area (Å²) in [7, 11) is 0. The van der Waals surface area contributed by atoms with E-state index in [2.05, 4.69) is 13.0 Å². The van der Waals surface area contributed by atoms with Crippen molar-refractivity contribution in [3.8, 4) is 0 Å². The molecule has 2 nitrogen and oxygen atoms in total. The maximum atomic E-state index is 14.2. The molecule has 22 heavy (non-hydrogen) atoms. The van der Waals surface area contributed by atoms with Gasteiger partial charge < -0.3 is 10.2 Å². The quantitative estimate of drug-likeness (QED) is 0.726. The van der Waals surface area contributed by atoms with Crippen molar-refractivity contribution in [3.63, 3.8) is 0 Å². The van der Waals surface area contributed by atoms with E-state index in [9.17, 15) is 14.6 Å². The zero-order valence-electron chi connectivity index (χ0n) is 13.6. The third kappa shape index (κ3) is 1.84. The van der Waals surface area contributed by atoms with Gasteiger partial charge in [0.25, 0.3) is 0 Å². The van der Waals surface area contributed by atoms with Crippen LogP contribution in [0.25, 0.3) is 0 Å². The molecule has 7 atom stereocenters. The Kier molecular flexibility index (Phi) is 3.47. The predicted molar refractivity (Wildman–Crippen MR) is 84.0 cm³/mol. The number of hydrogen-bond donors (Lipinski definition) is 2. The molecule has 0 spiro atoms. The van der Waals surface area contributed by atoms with Crippen LogP contribution in [0.3, 0.4) is 0 Å². The van der Waals surface area contributed by atoms with Crippen LogP contribution in [-0.2, 0) is 0 Å². The van der Waals surface area contributed by atoms with Crippen LogP contribution >= 0.6 is 0 Å². The Labute approximate surface area is 132 Å². The van der Waals surface area contributed by atoms with E-state index < -0.39 is 0 Å². The van der Waals surface area contributed by atoms with Gasteiger partial charge in [-0.2, -0.15) is 0 Å². The highest BCUT2D eigenvalue weighted by Crippen LogP contribution is 2.64. The summed E-state index contributed by atoms with van der Waals surface area (Å²) in [6.07, 6.45) is 9.19. The number of hydrogen-bond acceptors (Lipinski definition) is 2. The molecular formula is C19H29FO2. The summed E-state index contributed by atoms with van der Waals surface area (Å²) in [4.78, 5) is 0. The van der Waals surface area contributed by atoms with Crippen LogP contribution < -0.4 is 0 Å². The molecule has 4 aliphatic rings. The molecule has 124 valence electrons. The molecular weight excluding hydrogens is 279 g/mol. The average molecular weight is 308 g/mol. The van der Waals surface area contributed by atoms with Crippen LogP contribution in [0.2, 0.25) is 0 Å². The molecule has 0 aromatic rings. The first-order valence-electron chi connectivity index (χ1n) is 9.13. The highest BCUT2D eigenvalue weighted by atomic mass is 19.1. The van der Waals surface area contributed by atoms with Crippen molar-refractivity contribution in [1.82, 2.24) is 0 Å². The number of allylic oxidation sites excluding steroid dienone is 1. The van der Waals surface area contributed by atoms with Gasteiger partial charge in [0.05, 0.1) is 18.9 Å². The minimum atomic E-state index is -0.295. The molecule has 3 fully saturated rings. The number of fused-ring (bicyclic) bond motifs is 5. The van der Waals surface area contributed by atoms with Gasteiger partial charge in [-0.05, 0) is 74.5 Å². The zero-order chi connectivity index (χ0) is 15.5. The number of aliphatic hydroxyl groups is 2. The smallest absolute Gasteiger partial charge is 0.0990 e. The lowest BCUT2D eigenvalue weighted by Crippen LogP contribution is -2.53. The summed E-state index contributed by atoms with van der Waals surface area (Å²) in [6.45, 7) is 2.00. The normalized spacial score (nSPS) is 54.2. The van der Waals surface area contributed by atoms with E-state index in [0.717, 1.165) is 44.9 Å². The van der Waals surface area contributed by atoms with Crippen molar-refractivity contribution in [2.45, 2.75) is 70.5 Å². The SMILES string of the molecule is C[C@]12CC[C@@H]3[C@@H](CC=C4CC(O)CC[C@@]43CF)[C@@H]1CCC2O. The number of aliphatic hydroxyl groups excluding tert-OH is 2. The molecule has 2 unspecified atom stereocenters. The highest BCUT2D eigenvalue weighted by molar-refractivity contribution is 5.26. The fraction of sp³-hybridized carbons (Fsp3) is 0.895. The molecule has 0 bridgehead atoms. The molecule has 3 saturated carbocycles. The van der Waals surface area contributed by atoms with E-state index in [0.29, 0.717) is 24.2 Å². The van der Waals surface area contributed by atoms with Crippen molar-refractivity contribution in [1.29, 1.82) is 0 Å². The largest absolute Gasteiger partial charge is 0.393 e. The fourth-order valence-corrected chi connectivity index (χ4v) is 6.66. The van der Waals surface area contributed by atoms with E-state index in [1.54, 1.807) is 0 Å². The Hall–Kier alpha value is -0.410. The lowest BCUT2D eigenvalue weighted by Gasteiger charge is -2.57. The first-order chi connectivity index (χ1) is 10.5. The van der Waals surface area contributed by atoms with E-state index in [4.69, 9.17) is 0 Å². The van der Waals surface area contributed by atoms with Gasteiger partial charge in [-0.3, -0.25) is 4.39 Å². The topological polar surface area (TPSA) is 40.5 Å². The molecule has 0 aromatic heterocycles. The second-order valence-electron chi connectivity index (χ2n) is 8.67. The highest BCUT2D eigenvalue weighted by Gasteiger charge is 2.59. The first-order valence-corrected chi connectivity index (χ1v) is 9.13. The summed E-state index contributed by atoms with van der Waals surface area (Å²) < 4.78 is 14.2. The van der Waals surface area contributed by atoms with Crippen molar-refractivity contribution < 1.29 is 14.6 Å². The van der Waals surface area contributed by atoms with Crippen LogP contribution in [-0.4, -0.2) is 29.1 Å². The molecule has 4 rings (SSSR count). The van der Waals surface area contributed by atoms with Crippen LogP contribution in [0, 0.1) is 28.6 Å². The summed E-state index contributed by atoms with van der Waals surface area (Å²) in [5.74, 6) is 1.51. The number of halogens is 1. The van der Waals surface area contributed by atoms with E-state index in [1.807, 2.05) is 0 Å². The lowest BCUT2D eigenvalue weighted by atomic mass is 9.47. The molecule has 0 saturated heterocycles. The standard InChI is InChI=1S/C19H29FO2/c1-18-8-7-16-14(15(18)4-5-17(18)22)3-2-12-10-13(21)6-9-19(12,16)11-20/h2,13-17,21-22H,3-11H2,1H3/t13?,14-,15-,16+,17?,18-,19+/m0/s1. The van der Waals surface area contributed by atoms with Crippen molar-refractivity contribution in [2.24, 2.45) is 28.6 Å². The molecule has 0 amide bonds. The summed E-state index contributed by atoms with van der Waals surface area (Å²) in [5, 5.41) is 20.4. The third-order valence-corrected chi connectivity index (χ3v) is 7.99. The second kappa shape index (κ2) is 5.04. The van der Waals surface area contributed by atoms with Gasteiger partial charge in [0, 0.05) is 5.41 Å². The minimum absolute atomic E-state index is 0.0538. The molecule has 0 radical (unpaired) electrons. The van der Waals surface area contributed by atoms with E-state index >= 15 is 0 Å². The average Bonchev–Trinajstić information content (AvgIpc) is 2.82. The maximum Gasteiger partial charge on any atom is 0.0990 e. The van der Waals surface area contributed by atoms with Crippen LogP contribution in [0.4, 0.5) is 4.39 Å². The van der Waals surface area contributed by atoms with Crippen molar-refractivity contribution in [3.05, 3.63) is 11.6 Å². The summed E-state index contributed by atoms with van der Waals surface area (Å²) in [6, 6.07) is 0. The van der Waals surface area contributed by atoms with Gasteiger partial charge in [0.15, 0.2) is 0 Å². The van der Waals surface area contributed by atoms with E-state index in [-0.39, 0.29) is 29.7 Å². The van der Waals surface area contributed by atoms with Gasteiger partial charge in [0.2, 0.25) is 0 Å². The van der Waals surface area contributed by atoms with Crippen LogP contribution in [0.15, 0.2) is 11.6 Å². The zero-order valence-corrected chi connectivity index (χ0v) is 13.6. The number of rotatable bonds is 1. The number of alkyl halides is 1.